The van der Waals surface area contributed by atoms with E-state index in [1.54, 1.807) is 18.6 Å². The van der Waals surface area contributed by atoms with Gasteiger partial charge in [0.2, 0.25) is 0 Å². The number of hydrogen-bond acceptors (Lipinski definition) is 4. The number of anilines is 1. The summed E-state index contributed by atoms with van der Waals surface area (Å²) >= 11 is 0. The van der Waals surface area contributed by atoms with E-state index < -0.39 is 0 Å². The molecular weight excluding hydrogens is 250 g/mol. The Morgan fingerprint density at radius 1 is 1.15 bits per heavy atom. The van der Waals surface area contributed by atoms with E-state index in [0.717, 1.165) is 11.0 Å². The first kappa shape index (κ1) is 12.2. The molecule has 5 heteroatoms. The number of imidazole rings is 1. The van der Waals surface area contributed by atoms with E-state index in [2.05, 4.69) is 29.0 Å². The van der Waals surface area contributed by atoms with Gasteiger partial charge in [-0.1, -0.05) is 0 Å². The number of rotatable bonds is 1. The van der Waals surface area contributed by atoms with E-state index in [-0.39, 0.29) is 0 Å². The summed E-state index contributed by atoms with van der Waals surface area (Å²) in [6, 6.07) is 7.83. The van der Waals surface area contributed by atoms with Gasteiger partial charge in [-0.3, -0.25) is 4.57 Å². The summed E-state index contributed by atoms with van der Waals surface area (Å²) in [5, 5.41) is 9.23. The number of fused-ring (bicyclic) bond motifs is 1. The second kappa shape index (κ2) is 4.35. The molecule has 0 aliphatic heterocycles. The molecule has 2 aromatic heterocycles. The highest BCUT2D eigenvalue weighted by Gasteiger charge is 2.11. The van der Waals surface area contributed by atoms with Crippen LogP contribution in [0.25, 0.3) is 16.9 Å². The molecule has 0 aliphatic rings. The van der Waals surface area contributed by atoms with Crippen LogP contribution in [0.1, 0.15) is 16.7 Å². The zero-order valence-electron chi connectivity index (χ0n) is 11.3. The maximum atomic E-state index is 9.23. The van der Waals surface area contributed by atoms with E-state index in [4.69, 9.17) is 5.73 Å². The molecule has 98 valence electrons. The number of pyridine rings is 1. The van der Waals surface area contributed by atoms with Crippen molar-refractivity contribution < 1.29 is 0 Å². The largest absolute Gasteiger partial charge is 0.397 e. The fourth-order valence-electron chi connectivity index (χ4n) is 2.18. The van der Waals surface area contributed by atoms with Crippen LogP contribution in [0.5, 0.6) is 0 Å². The number of nitrogen functional groups attached to an aromatic ring is 1. The molecule has 2 heterocycles. The van der Waals surface area contributed by atoms with E-state index >= 15 is 0 Å². The summed E-state index contributed by atoms with van der Waals surface area (Å²) in [6.07, 6.45) is 3.23. The Kier molecular flexibility index (Phi) is 2.65. The molecule has 2 N–H and O–H groups in total. The second-order valence-corrected chi connectivity index (χ2v) is 4.79. The van der Waals surface area contributed by atoms with Gasteiger partial charge >= 0.3 is 0 Å². The van der Waals surface area contributed by atoms with Gasteiger partial charge in [0.05, 0.1) is 28.5 Å². The molecule has 0 bridgehead atoms. The van der Waals surface area contributed by atoms with Gasteiger partial charge in [-0.2, -0.15) is 5.26 Å². The van der Waals surface area contributed by atoms with Gasteiger partial charge in [0.25, 0.3) is 0 Å². The molecule has 0 amide bonds. The van der Waals surface area contributed by atoms with Gasteiger partial charge in [0.1, 0.15) is 12.4 Å². The smallest absolute Gasteiger partial charge is 0.156 e. The molecule has 3 rings (SSSR count). The lowest BCUT2D eigenvalue weighted by Crippen LogP contribution is -2.01. The highest BCUT2D eigenvalue weighted by atomic mass is 15.1. The third-order valence-corrected chi connectivity index (χ3v) is 3.40. The molecule has 0 atom stereocenters. The summed E-state index contributed by atoms with van der Waals surface area (Å²) in [4.78, 5) is 8.65. The second-order valence-electron chi connectivity index (χ2n) is 4.79. The van der Waals surface area contributed by atoms with Crippen molar-refractivity contribution in [3.05, 3.63) is 47.4 Å². The normalized spacial score (nSPS) is 10.7. The molecule has 3 aromatic rings. The Bertz CT molecular complexity index is 855. The van der Waals surface area contributed by atoms with Crippen LogP contribution < -0.4 is 5.73 Å². The molecule has 20 heavy (non-hydrogen) atoms. The third kappa shape index (κ3) is 1.79. The van der Waals surface area contributed by atoms with Gasteiger partial charge in [-0.25, -0.2) is 9.97 Å². The van der Waals surface area contributed by atoms with Crippen LogP contribution in [0, 0.1) is 25.2 Å². The molecular formula is C15H13N5. The Morgan fingerprint density at radius 3 is 2.65 bits per heavy atom. The molecule has 0 unspecified atom stereocenters. The van der Waals surface area contributed by atoms with E-state index in [9.17, 15) is 5.26 Å². The number of benzene rings is 1. The van der Waals surface area contributed by atoms with Crippen molar-refractivity contribution in [3.63, 3.8) is 0 Å². The first-order valence-corrected chi connectivity index (χ1v) is 6.20. The lowest BCUT2D eigenvalue weighted by atomic mass is 10.1. The van der Waals surface area contributed by atoms with Crippen LogP contribution in [-0.4, -0.2) is 14.5 Å². The zero-order valence-corrected chi connectivity index (χ0v) is 11.3. The van der Waals surface area contributed by atoms with Crippen molar-refractivity contribution >= 4 is 16.7 Å². The number of aryl methyl sites for hydroxylation is 2. The molecule has 0 saturated carbocycles. The fourth-order valence-corrected chi connectivity index (χ4v) is 2.18. The molecule has 0 saturated heterocycles. The predicted molar refractivity (Wildman–Crippen MR) is 77.5 cm³/mol. The number of aromatic nitrogens is 3. The van der Waals surface area contributed by atoms with E-state index in [1.807, 2.05) is 17.6 Å². The zero-order chi connectivity index (χ0) is 14.3. The summed E-state index contributed by atoms with van der Waals surface area (Å²) in [7, 11) is 0. The van der Waals surface area contributed by atoms with Crippen LogP contribution in [-0.2, 0) is 0 Å². The number of nitrogens with two attached hydrogens (primary N) is 1. The Hall–Kier alpha value is -2.87. The van der Waals surface area contributed by atoms with Crippen LogP contribution in [0.4, 0.5) is 5.69 Å². The minimum atomic E-state index is 0.433. The van der Waals surface area contributed by atoms with Crippen molar-refractivity contribution in [2.75, 3.05) is 5.73 Å². The highest BCUT2D eigenvalue weighted by Crippen LogP contribution is 2.23. The SMILES string of the molecule is Cc1cc2ncn(-c3ncc(N)cc3C#N)c2cc1C. The van der Waals surface area contributed by atoms with Crippen molar-refractivity contribution in [3.8, 4) is 11.9 Å². The molecule has 1 aromatic carbocycles. The summed E-state index contributed by atoms with van der Waals surface area (Å²) in [5.41, 5.74) is 10.8. The highest BCUT2D eigenvalue weighted by molar-refractivity contribution is 5.79. The summed E-state index contributed by atoms with van der Waals surface area (Å²) in [6.45, 7) is 4.10. The summed E-state index contributed by atoms with van der Waals surface area (Å²) < 4.78 is 1.82. The lowest BCUT2D eigenvalue weighted by molar-refractivity contribution is 1.01. The Labute approximate surface area is 116 Å². The predicted octanol–water partition coefficient (Wildman–Crippen LogP) is 2.49. The van der Waals surface area contributed by atoms with Crippen molar-refractivity contribution in [1.29, 1.82) is 5.26 Å². The van der Waals surface area contributed by atoms with E-state index in [0.29, 0.717) is 17.1 Å². The average Bonchev–Trinajstić information content (AvgIpc) is 2.82. The minimum absolute atomic E-state index is 0.433. The van der Waals surface area contributed by atoms with Crippen molar-refractivity contribution in [2.24, 2.45) is 0 Å². The Morgan fingerprint density at radius 2 is 1.90 bits per heavy atom. The summed E-state index contributed by atoms with van der Waals surface area (Å²) in [5.74, 6) is 0.549. The topological polar surface area (TPSA) is 80.5 Å². The maximum absolute atomic E-state index is 9.23. The maximum Gasteiger partial charge on any atom is 0.156 e. The van der Waals surface area contributed by atoms with Crippen LogP contribution in [0.15, 0.2) is 30.7 Å². The molecule has 5 nitrogen and oxygen atoms in total. The average molecular weight is 263 g/mol. The van der Waals surface area contributed by atoms with E-state index in [1.165, 1.54) is 11.1 Å². The third-order valence-electron chi connectivity index (χ3n) is 3.40. The van der Waals surface area contributed by atoms with Gasteiger partial charge in [0.15, 0.2) is 5.82 Å². The monoisotopic (exact) mass is 263 g/mol. The van der Waals surface area contributed by atoms with Gasteiger partial charge < -0.3 is 5.73 Å². The first-order valence-electron chi connectivity index (χ1n) is 6.20. The quantitative estimate of drug-likeness (QED) is 0.731. The lowest BCUT2D eigenvalue weighted by Gasteiger charge is -2.07. The molecule has 0 aliphatic carbocycles. The van der Waals surface area contributed by atoms with Crippen LogP contribution >= 0.6 is 0 Å². The van der Waals surface area contributed by atoms with Gasteiger partial charge in [0, 0.05) is 0 Å². The van der Waals surface area contributed by atoms with Crippen LogP contribution in [0.2, 0.25) is 0 Å². The number of nitriles is 1. The van der Waals surface area contributed by atoms with Crippen LogP contribution in [0.3, 0.4) is 0 Å². The van der Waals surface area contributed by atoms with Crippen molar-refractivity contribution in [2.45, 2.75) is 13.8 Å². The van der Waals surface area contributed by atoms with Crippen molar-refractivity contribution in [1.82, 2.24) is 14.5 Å². The fraction of sp³-hybridized carbons (Fsp3) is 0.133. The molecule has 0 radical (unpaired) electrons. The number of nitrogens with zero attached hydrogens (tertiary/aromatic N) is 4. The first-order chi connectivity index (χ1) is 9.60. The molecule has 0 spiro atoms. The minimum Gasteiger partial charge on any atom is -0.397 e. The Balaban J connectivity index is 2.31. The van der Waals surface area contributed by atoms with Gasteiger partial charge in [-0.15, -0.1) is 0 Å². The standard InChI is InChI=1S/C15H13N5/c1-9-3-13-14(4-10(9)2)20(8-19-13)15-11(6-16)5-12(17)7-18-15/h3-5,7-8H,17H2,1-2H3. The number of hydrogen-bond donors (Lipinski definition) is 1. The molecule has 0 fully saturated rings. The van der Waals surface area contributed by atoms with Gasteiger partial charge in [-0.05, 0) is 43.2 Å².